The fourth-order valence-corrected chi connectivity index (χ4v) is 8.93. The molecule has 0 aliphatic carbocycles. The number of aromatic nitrogens is 10. The van der Waals surface area contributed by atoms with E-state index in [1.54, 1.807) is 86.0 Å². The summed E-state index contributed by atoms with van der Waals surface area (Å²) in [6, 6.07) is 38.0. The molecule has 12 aromatic rings. The number of fused-ring (bicyclic) bond motifs is 6. The Kier molecular flexibility index (Phi) is 8.95. The molecular weight excluding hydrogens is 829 g/mol. The zero-order valence-electron chi connectivity index (χ0n) is 34.4. The Morgan fingerprint density at radius 1 is 0.394 bits per heavy atom. The summed E-state index contributed by atoms with van der Waals surface area (Å²) in [4.78, 5) is 40.7. The Bertz CT molecular complexity index is 3690. The van der Waals surface area contributed by atoms with Gasteiger partial charge in [0.05, 0.1) is 45.6 Å². The van der Waals surface area contributed by atoms with Crippen molar-refractivity contribution in [2.45, 2.75) is 0 Å². The quantitative estimate of drug-likeness (QED) is 0.145. The Labute approximate surface area is 373 Å². The largest absolute Gasteiger partial charge is 0.319 e. The summed E-state index contributed by atoms with van der Waals surface area (Å²) in [5.41, 5.74) is 6.41. The average Bonchev–Trinajstić information content (AvgIpc) is 3.88. The van der Waals surface area contributed by atoms with Crippen LogP contribution in [0.25, 0.3) is 117 Å². The van der Waals surface area contributed by atoms with Crippen molar-refractivity contribution in [2.24, 2.45) is 0 Å². The topological polar surface area (TPSA) is 117 Å². The van der Waals surface area contributed by atoms with Crippen molar-refractivity contribution in [1.29, 1.82) is 0 Å². The Balaban J connectivity index is 1.25. The molecule has 0 unspecified atom stereocenters. The molecule has 0 saturated heterocycles. The molecule has 12 rings (SSSR count). The smallest absolute Gasteiger partial charge is 0.234 e. The lowest BCUT2D eigenvalue weighted by atomic mass is 9.99. The fraction of sp³-hybridized carbons (Fsp3) is 0. The molecule has 0 amide bonds. The van der Waals surface area contributed by atoms with E-state index >= 15 is 8.78 Å². The van der Waals surface area contributed by atoms with Gasteiger partial charge in [-0.25, -0.2) is 53.5 Å². The molecule has 0 radical (unpaired) electrons. The molecule has 66 heavy (non-hydrogen) atoms. The van der Waals surface area contributed by atoms with Gasteiger partial charge in [0.25, 0.3) is 0 Å². The highest BCUT2D eigenvalue weighted by Gasteiger charge is 2.28. The Hall–Kier alpha value is -9.41. The fourth-order valence-electron chi connectivity index (χ4n) is 8.93. The van der Waals surface area contributed by atoms with Crippen LogP contribution in [-0.4, -0.2) is 49.0 Å². The van der Waals surface area contributed by atoms with E-state index in [4.69, 9.17) is 6.57 Å². The molecule has 0 bridgehead atoms. The molecule has 0 aliphatic heterocycles. The summed E-state index contributed by atoms with van der Waals surface area (Å²) in [5, 5.41) is 3.43. The van der Waals surface area contributed by atoms with Crippen LogP contribution in [0, 0.1) is 18.2 Å². The first kappa shape index (κ1) is 38.3. The van der Waals surface area contributed by atoms with E-state index in [9.17, 15) is 0 Å². The number of halogens is 2. The van der Waals surface area contributed by atoms with E-state index in [2.05, 4.69) is 44.7 Å². The Morgan fingerprint density at radius 2 is 0.742 bits per heavy atom. The minimum atomic E-state index is -0.783. The van der Waals surface area contributed by atoms with Crippen LogP contribution >= 0.6 is 0 Å². The van der Waals surface area contributed by atoms with Crippen LogP contribution in [-0.2, 0) is 0 Å². The summed E-state index contributed by atoms with van der Waals surface area (Å²) in [6.07, 6.45) is 13.4. The maximum absolute atomic E-state index is 16.4. The second kappa shape index (κ2) is 15.4. The van der Waals surface area contributed by atoms with Gasteiger partial charge in [0.1, 0.15) is 11.6 Å². The predicted molar refractivity (Wildman–Crippen MR) is 251 cm³/mol. The van der Waals surface area contributed by atoms with Crippen LogP contribution < -0.4 is 0 Å². The highest BCUT2D eigenvalue weighted by Crippen LogP contribution is 2.48. The van der Waals surface area contributed by atoms with Gasteiger partial charge in [0, 0.05) is 98.9 Å². The van der Waals surface area contributed by atoms with Crippen LogP contribution in [0.5, 0.6) is 0 Å². The zero-order chi connectivity index (χ0) is 44.3. The molecule has 0 saturated carbocycles. The third-order valence-corrected chi connectivity index (χ3v) is 11.8. The normalized spacial score (nSPS) is 11.5. The van der Waals surface area contributed by atoms with E-state index in [0.717, 1.165) is 43.7 Å². The standard InChI is InChI=1S/C53H29F2N11/c1-56-48-42(65-43-27-31(50-57-19-3-20-58-50)9-13-35(43)36-14-10-32(28-44(36)65)51-59-21-4-22-60-51)18-17-39(47-40(54)7-2-8-41(47)55)49(48)66-45-29-33(52-61-23-5-24-62-52)11-15-37(45)38-16-12-34(30-46(38)66)53-63-25-6-26-64-53/h2-30H. The van der Waals surface area contributed by atoms with Crippen LogP contribution in [0.4, 0.5) is 14.5 Å². The molecule has 13 heteroatoms. The van der Waals surface area contributed by atoms with Gasteiger partial charge < -0.3 is 9.13 Å². The second-order valence-corrected chi connectivity index (χ2v) is 15.4. The van der Waals surface area contributed by atoms with Crippen LogP contribution in [0.1, 0.15) is 0 Å². The van der Waals surface area contributed by atoms with Gasteiger partial charge in [-0.05, 0) is 66.7 Å². The SMILES string of the molecule is [C-]#[N+]c1c(-n2c3cc(-c4ncccn4)ccc3c3ccc(-c4ncccn4)cc32)ccc(-c2c(F)cccc2F)c1-n1c2cc(-c3ncccn3)ccc2c2ccc(-c3ncccn3)cc21. The molecule has 0 aliphatic rings. The molecule has 0 spiro atoms. The Morgan fingerprint density at radius 3 is 1.09 bits per heavy atom. The first-order valence-electron chi connectivity index (χ1n) is 20.8. The van der Waals surface area contributed by atoms with Crippen molar-refractivity contribution in [1.82, 2.24) is 49.0 Å². The second-order valence-electron chi connectivity index (χ2n) is 15.4. The van der Waals surface area contributed by atoms with Crippen LogP contribution in [0.3, 0.4) is 0 Å². The molecule has 0 atom stereocenters. The third kappa shape index (κ3) is 6.16. The van der Waals surface area contributed by atoms with E-state index < -0.39 is 11.6 Å². The summed E-state index contributed by atoms with van der Waals surface area (Å²) >= 11 is 0. The highest BCUT2D eigenvalue weighted by molar-refractivity contribution is 6.14. The molecular formula is C53H29F2N11. The van der Waals surface area contributed by atoms with E-state index in [1.165, 1.54) is 18.2 Å². The van der Waals surface area contributed by atoms with Gasteiger partial charge in [-0.1, -0.05) is 60.7 Å². The first-order chi connectivity index (χ1) is 32.5. The van der Waals surface area contributed by atoms with Gasteiger partial charge in [0.15, 0.2) is 23.3 Å². The summed E-state index contributed by atoms with van der Waals surface area (Å²) in [7, 11) is 0. The van der Waals surface area contributed by atoms with Gasteiger partial charge in [-0.3, -0.25) is 0 Å². The summed E-state index contributed by atoms with van der Waals surface area (Å²) in [6.45, 7) is 9.17. The van der Waals surface area contributed by atoms with Crippen molar-refractivity contribution in [3.05, 3.63) is 200 Å². The van der Waals surface area contributed by atoms with E-state index in [-0.39, 0.29) is 22.5 Å². The number of hydrogen-bond acceptors (Lipinski definition) is 8. The monoisotopic (exact) mass is 857 g/mol. The lowest BCUT2D eigenvalue weighted by Gasteiger charge is -2.21. The minimum Gasteiger partial charge on any atom is -0.319 e. The van der Waals surface area contributed by atoms with Gasteiger partial charge in [0.2, 0.25) is 5.69 Å². The number of rotatable bonds is 7. The molecule has 0 N–H and O–H groups in total. The van der Waals surface area contributed by atoms with Crippen molar-refractivity contribution < 1.29 is 8.78 Å². The predicted octanol–water partition coefficient (Wildman–Crippen LogP) is 12.2. The average molecular weight is 858 g/mol. The third-order valence-electron chi connectivity index (χ3n) is 11.8. The molecule has 310 valence electrons. The highest BCUT2D eigenvalue weighted by atomic mass is 19.1. The van der Waals surface area contributed by atoms with Crippen molar-refractivity contribution in [3.63, 3.8) is 0 Å². The van der Waals surface area contributed by atoms with Crippen molar-refractivity contribution in [2.75, 3.05) is 0 Å². The first-order valence-corrected chi connectivity index (χ1v) is 20.8. The maximum atomic E-state index is 16.4. The molecule has 6 aromatic heterocycles. The van der Waals surface area contributed by atoms with Gasteiger partial charge in [-0.2, -0.15) is 0 Å². The maximum Gasteiger partial charge on any atom is 0.234 e. The molecule has 6 heterocycles. The van der Waals surface area contributed by atoms with Crippen LogP contribution in [0.2, 0.25) is 0 Å². The summed E-state index contributed by atoms with van der Waals surface area (Å²) < 4.78 is 36.7. The van der Waals surface area contributed by atoms with E-state index in [0.29, 0.717) is 51.1 Å². The summed E-state index contributed by atoms with van der Waals surface area (Å²) in [5.74, 6) is 0.440. The van der Waals surface area contributed by atoms with Crippen molar-refractivity contribution in [3.8, 4) is 68.1 Å². The molecule has 11 nitrogen and oxygen atoms in total. The van der Waals surface area contributed by atoms with Crippen molar-refractivity contribution >= 4 is 49.3 Å². The van der Waals surface area contributed by atoms with Gasteiger partial charge in [-0.15, -0.1) is 0 Å². The zero-order valence-corrected chi connectivity index (χ0v) is 34.4. The lowest BCUT2D eigenvalue weighted by Crippen LogP contribution is -2.04. The molecule has 6 aromatic carbocycles. The minimum absolute atomic E-state index is 0.123. The number of hydrogen-bond donors (Lipinski definition) is 0. The number of benzene rings is 6. The van der Waals surface area contributed by atoms with Gasteiger partial charge >= 0.3 is 0 Å². The van der Waals surface area contributed by atoms with Crippen LogP contribution in [0.15, 0.2) is 177 Å². The van der Waals surface area contributed by atoms with E-state index in [1.807, 2.05) is 81.9 Å². The number of nitrogens with zero attached hydrogens (tertiary/aromatic N) is 11. The lowest BCUT2D eigenvalue weighted by molar-refractivity contribution is 0.589. The molecule has 0 fully saturated rings.